The monoisotopic (exact) mass is 167 g/mol. The molecule has 0 aromatic rings. The second-order valence-corrected chi connectivity index (χ2v) is 3.86. The zero-order valence-corrected chi connectivity index (χ0v) is 7.63. The standard InChI is InChI=1S/C9H13NO2/c1-6-4-7-5-12-9(2,3)10(7)8(6)11/h4,6H,5H2,1-3H3. The van der Waals surface area contributed by atoms with Crippen LogP contribution in [0.4, 0.5) is 0 Å². The van der Waals surface area contributed by atoms with Gasteiger partial charge in [0.05, 0.1) is 12.5 Å². The Morgan fingerprint density at radius 2 is 2.33 bits per heavy atom. The molecule has 2 rings (SSSR count). The zero-order valence-electron chi connectivity index (χ0n) is 7.63. The van der Waals surface area contributed by atoms with Crippen LogP contribution in [-0.2, 0) is 9.53 Å². The van der Waals surface area contributed by atoms with Crippen molar-refractivity contribution in [2.24, 2.45) is 5.92 Å². The lowest BCUT2D eigenvalue weighted by molar-refractivity contribution is -0.143. The Balaban J connectivity index is 2.37. The van der Waals surface area contributed by atoms with E-state index in [9.17, 15) is 4.79 Å². The van der Waals surface area contributed by atoms with Crippen molar-refractivity contribution >= 4 is 5.91 Å². The third-order valence-electron chi connectivity index (χ3n) is 2.45. The van der Waals surface area contributed by atoms with Gasteiger partial charge in [0.15, 0.2) is 0 Å². The minimum Gasteiger partial charge on any atom is -0.350 e. The van der Waals surface area contributed by atoms with Crippen molar-refractivity contribution in [3.63, 3.8) is 0 Å². The maximum atomic E-state index is 11.6. The summed E-state index contributed by atoms with van der Waals surface area (Å²) >= 11 is 0. The number of ether oxygens (including phenoxy) is 1. The van der Waals surface area contributed by atoms with E-state index in [1.54, 1.807) is 4.90 Å². The van der Waals surface area contributed by atoms with Crippen molar-refractivity contribution in [2.45, 2.75) is 26.5 Å². The molecular weight excluding hydrogens is 154 g/mol. The van der Waals surface area contributed by atoms with Crippen molar-refractivity contribution < 1.29 is 9.53 Å². The number of amides is 1. The molecule has 0 saturated carbocycles. The lowest BCUT2D eigenvalue weighted by atomic mass is 10.2. The molecule has 12 heavy (non-hydrogen) atoms. The third kappa shape index (κ3) is 0.829. The molecule has 2 heterocycles. The van der Waals surface area contributed by atoms with E-state index in [-0.39, 0.29) is 11.8 Å². The van der Waals surface area contributed by atoms with E-state index in [1.165, 1.54) is 0 Å². The van der Waals surface area contributed by atoms with E-state index in [2.05, 4.69) is 0 Å². The molecule has 3 heteroatoms. The average Bonchev–Trinajstić information content (AvgIpc) is 2.39. The van der Waals surface area contributed by atoms with Crippen molar-refractivity contribution in [1.29, 1.82) is 0 Å². The summed E-state index contributed by atoms with van der Waals surface area (Å²) in [5, 5.41) is 0. The van der Waals surface area contributed by atoms with E-state index in [4.69, 9.17) is 4.74 Å². The summed E-state index contributed by atoms with van der Waals surface area (Å²) in [6.07, 6.45) is 1.98. The van der Waals surface area contributed by atoms with Crippen LogP contribution < -0.4 is 0 Å². The first kappa shape index (κ1) is 7.80. The fraction of sp³-hybridized carbons (Fsp3) is 0.667. The second kappa shape index (κ2) is 2.10. The van der Waals surface area contributed by atoms with Crippen molar-refractivity contribution in [1.82, 2.24) is 4.90 Å². The number of fused-ring (bicyclic) bond motifs is 1. The van der Waals surface area contributed by atoms with Gasteiger partial charge in [-0.25, -0.2) is 0 Å². The predicted molar refractivity (Wildman–Crippen MR) is 44.1 cm³/mol. The highest BCUT2D eigenvalue weighted by Crippen LogP contribution is 2.36. The molecule has 0 aliphatic carbocycles. The lowest BCUT2D eigenvalue weighted by Crippen LogP contribution is -2.41. The van der Waals surface area contributed by atoms with E-state index in [1.807, 2.05) is 26.8 Å². The van der Waals surface area contributed by atoms with Gasteiger partial charge >= 0.3 is 0 Å². The van der Waals surface area contributed by atoms with Crippen LogP contribution in [-0.4, -0.2) is 23.1 Å². The molecule has 0 radical (unpaired) electrons. The first-order chi connectivity index (χ1) is 5.52. The number of hydrogen-bond acceptors (Lipinski definition) is 2. The largest absolute Gasteiger partial charge is 0.350 e. The quantitative estimate of drug-likeness (QED) is 0.541. The number of nitrogens with zero attached hydrogens (tertiary/aromatic N) is 1. The van der Waals surface area contributed by atoms with E-state index < -0.39 is 5.72 Å². The normalized spacial score (nSPS) is 32.2. The Bertz CT molecular complexity index is 268. The molecule has 0 bridgehead atoms. The van der Waals surface area contributed by atoms with Crippen molar-refractivity contribution in [3.05, 3.63) is 11.8 Å². The van der Waals surface area contributed by atoms with Gasteiger partial charge in [0.2, 0.25) is 5.91 Å². The van der Waals surface area contributed by atoms with Gasteiger partial charge in [-0.1, -0.05) is 6.08 Å². The Kier molecular flexibility index (Phi) is 1.37. The summed E-state index contributed by atoms with van der Waals surface area (Å²) in [5.41, 5.74) is 0.589. The summed E-state index contributed by atoms with van der Waals surface area (Å²) in [5.74, 6) is 0.190. The zero-order chi connectivity index (χ0) is 8.93. The Labute approximate surface area is 72.0 Å². The molecule has 0 spiro atoms. The van der Waals surface area contributed by atoms with Crippen molar-refractivity contribution in [2.75, 3.05) is 6.61 Å². The van der Waals surface area contributed by atoms with Crippen LogP contribution in [0, 0.1) is 5.92 Å². The van der Waals surface area contributed by atoms with Crippen LogP contribution in [0.2, 0.25) is 0 Å². The van der Waals surface area contributed by atoms with E-state index >= 15 is 0 Å². The molecule has 0 N–H and O–H groups in total. The van der Waals surface area contributed by atoms with Crippen molar-refractivity contribution in [3.8, 4) is 0 Å². The summed E-state index contributed by atoms with van der Waals surface area (Å²) < 4.78 is 5.46. The summed E-state index contributed by atoms with van der Waals surface area (Å²) in [7, 11) is 0. The van der Waals surface area contributed by atoms with Gasteiger partial charge in [0.25, 0.3) is 0 Å². The summed E-state index contributed by atoms with van der Waals surface area (Å²) in [4.78, 5) is 13.4. The minimum atomic E-state index is -0.437. The maximum Gasteiger partial charge on any atom is 0.235 e. The van der Waals surface area contributed by atoms with E-state index in [0.717, 1.165) is 5.70 Å². The highest BCUT2D eigenvalue weighted by molar-refractivity contribution is 5.86. The highest BCUT2D eigenvalue weighted by atomic mass is 16.5. The molecule has 1 amide bonds. The highest BCUT2D eigenvalue weighted by Gasteiger charge is 2.45. The topological polar surface area (TPSA) is 29.5 Å². The average molecular weight is 167 g/mol. The first-order valence-corrected chi connectivity index (χ1v) is 4.21. The van der Waals surface area contributed by atoms with Crippen LogP contribution in [0.3, 0.4) is 0 Å². The Hall–Kier alpha value is -0.830. The van der Waals surface area contributed by atoms with E-state index in [0.29, 0.717) is 6.61 Å². The Morgan fingerprint density at radius 1 is 1.67 bits per heavy atom. The summed E-state index contributed by atoms with van der Waals surface area (Å²) in [6, 6.07) is 0. The smallest absolute Gasteiger partial charge is 0.235 e. The molecule has 2 aliphatic heterocycles. The SMILES string of the molecule is CC1C=C2COC(C)(C)N2C1=O. The minimum absolute atomic E-state index is 0.0307. The number of carbonyl (C=O) groups excluding carboxylic acids is 1. The van der Waals surface area contributed by atoms with Gasteiger partial charge in [-0.2, -0.15) is 0 Å². The predicted octanol–water partition coefficient (Wildman–Crippen LogP) is 1.11. The third-order valence-corrected chi connectivity index (χ3v) is 2.45. The van der Waals surface area contributed by atoms with Crippen LogP contribution >= 0.6 is 0 Å². The fourth-order valence-electron chi connectivity index (χ4n) is 1.82. The fourth-order valence-corrected chi connectivity index (χ4v) is 1.82. The molecule has 2 aliphatic rings. The van der Waals surface area contributed by atoms with Gasteiger partial charge in [0.1, 0.15) is 5.72 Å². The van der Waals surface area contributed by atoms with Gasteiger partial charge < -0.3 is 4.74 Å². The number of hydrogen-bond donors (Lipinski definition) is 0. The second-order valence-electron chi connectivity index (χ2n) is 3.86. The molecule has 66 valence electrons. The number of carbonyl (C=O) groups is 1. The summed E-state index contributed by atoms with van der Waals surface area (Å²) in [6.45, 7) is 6.33. The van der Waals surface area contributed by atoms with Gasteiger partial charge in [-0.05, 0) is 20.8 Å². The number of rotatable bonds is 0. The lowest BCUT2D eigenvalue weighted by Gasteiger charge is -2.28. The molecule has 1 saturated heterocycles. The maximum absolute atomic E-state index is 11.6. The van der Waals surface area contributed by atoms with Gasteiger partial charge in [-0.15, -0.1) is 0 Å². The molecule has 1 unspecified atom stereocenters. The molecule has 0 aromatic heterocycles. The van der Waals surface area contributed by atoms with Crippen LogP contribution in [0.25, 0.3) is 0 Å². The molecule has 3 nitrogen and oxygen atoms in total. The molecule has 1 atom stereocenters. The van der Waals surface area contributed by atoms with Crippen LogP contribution in [0.5, 0.6) is 0 Å². The van der Waals surface area contributed by atoms with Gasteiger partial charge in [-0.3, -0.25) is 9.69 Å². The van der Waals surface area contributed by atoms with Crippen LogP contribution in [0.15, 0.2) is 11.8 Å². The van der Waals surface area contributed by atoms with Crippen LogP contribution in [0.1, 0.15) is 20.8 Å². The van der Waals surface area contributed by atoms with Gasteiger partial charge in [0, 0.05) is 5.70 Å². The molecule has 1 fully saturated rings. The Morgan fingerprint density at radius 3 is 2.92 bits per heavy atom. The molecule has 0 aromatic carbocycles. The first-order valence-electron chi connectivity index (χ1n) is 4.21. The molecular formula is C9H13NO2.